The van der Waals surface area contributed by atoms with Crippen LogP contribution in [-0.2, 0) is 16.1 Å². The third kappa shape index (κ3) is 5.98. The summed E-state index contributed by atoms with van der Waals surface area (Å²) in [4.78, 5) is 25.1. The van der Waals surface area contributed by atoms with Crippen LogP contribution in [-0.4, -0.2) is 60.7 Å². The summed E-state index contributed by atoms with van der Waals surface area (Å²) in [6.45, 7) is 5.08. The largest absolute Gasteiger partial charge is 0.493 e. The predicted molar refractivity (Wildman–Crippen MR) is 125 cm³/mol. The molecule has 1 saturated heterocycles. The van der Waals surface area contributed by atoms with Gasteiger partial charge in [-0.05, 0) is 30.2 Å². The normalized spacial score (nSPS) is 13.6. The first-order chi connectivity index (χ1) is 16.1. The van der Waals surface area contributed by atoms with E-state index in [-0.39, 0.29) is 12.5 Å². The second-order valence-electron chi connectivity index (χ2n) is 7.82. The second kappa shape index (κ2) is 10.8. The first-order valence-corrected chi connectivity index (χ1v) is 10.9. The Bertz CT molecular complexity index is 1070. The number of aromatic nitrogens is 2. The van der Waals surface area contributed by atoms with Crippen LogP contribution in [0.3, 0.4) is 0 Å². The standard InChI is InChI=1S/C25H28N4O4/c1-19-8-9-21(22(14-19)31-2)33-24-15-23(26-18-27-24)28-10-12-29(13-11-28)25(30)17-32-16-20-6-4-3-5-7-20/h3-9,14-15,18H,10-13,16-17H2,1-2H3. The third-order valence-electron chi connectivity index (χ3n) is 5.45. The molecule has 0 saturated carbocycles. The molecule has 3 aromatic rings. The zero-order chi connectivity index (χ0) is 23.0. The van der Waals surface area contributed by atoms with Gasteiger partial charge in [-0.1, -0.05) is 36.4 Å². The van der Waals surface area contributed by atoms with Gasteiger partial charge in [0, 0.05) is 32.2 Å². The molecule has 0 atom stereocenters. The van der Waals surface area contributed by atoms with Gasteiger partial charge in [-0.3, -0.25) is 4.79 Å². The molecule has 1 fully saturated rings. The van der Waals surface area contributed by atoms with Gasteiger partial charge in [0.2, 0.25) is 11.8 Å². The summed E-state index contributed by atoms with van der Waals surface area (Å²) in [7, 11) is 1.61. The number of nitrogens with zero attached hydrogens (tertiary/aromatic N) is 4. The van der Waals surface area contributed by atoms with E-state index in [1.54, 1.807) is 13.2 Å². The van der Waals surface area contributed by atoms with Gasteiger partial charge in [0.15, 0.2) is 11.5 Å². The molecule has 33 heavy (non-hydrogen) atoms. The number of piperazine rings is 1. The molecular weight excluding hydrogens is 420 g/mol. The van der Waals surface area contributed by atoms with Crippen LogP contribution >= 0.6 is 0 Å². The fraction of sp³-hybridized carbons (Fsp3) is 0.320. The number of hydrogen-bond donors (Lipinski definition) is 0. The topological polar surface area (TPSA) is 77.0 Å². The molecule has 1 aliphatic rings. The van der Waals surface area contributed by atoms with E-state index in [1.165, 1.54) is 6.33 Å². The Morgan fingerprint density at radius 1 is 0.970 bits per heavy atom. The van der Waals surface area contributed by atoms with Gasteiger partial charge < -0.3 is 24.0 Å². The van der Waals surface area contributed by atoms with Crippen molar-refractivity contribution in [1.82, 2.24) is 14.9 Å². The average Bonchev–Trinajstić information content (AvgIpc) is 2.86. The van der Waals surface area contributed by atoms with E-state index in [9.17, 15) is 4.79 Å². The summed E-state index contributed by atoms with van der Waals surface area (Å²) >= 11 is 0. The van der Waals surface area contributed by atoms with Crippen LogP contribution in [0.2, 0.25) is 0 Å². The molecule has 0 N–H and O–H groups in total. The van der Waals surface area contributed by atoms with Gasteiger partial charge in [-0.25, -0.2) is 9.97 Å². The maximum atomic E-state index is 12.5. The van der Waals surface area contributed by atoms with Gasteiger partial charge in [-0.15, -0.1) is 0 Å². The number of ether oxygens (including phenoxy) is 3. The van der Waals surface area contributed by atoms with Crippen LogP contribution in [0.1, 0.15) is 11.1 Å². The monoisotopic (exact) mass is 448 g/mol. The van der Waals surface area contributed by atoms with Crippen LogP contribution in [0.25, 0.3) is 0 Å². The zero-order valence-electron chi connectivity index (χ0n) is 18.9. The van der Waals surface area contributed by atoms with Gasteiger partial charge >= 0.3 is 0 Å². The lowest BCUT2D eigenvalue weighted by atomic mass is 10.2. The second-order valence-corrected chi connectivity index (χ2v) is 7.82. The average molecular weight is 449 g/mol. The fourth-order valence-electron chi connectivity index (χ4n) is 3.64. The molecule has 0 bridgehead atoms. The van der Waals surface area contributed by atoms with E-state index in [2.05, 4.69) is 14.9 Å². The molecule has 0 unspecified atom stereocenters. The minimum Gasteiger partial charge on any atom is -0.493 e. The van der Waals surface area contributed by atoms with E-state index in [4.69, 9.17) is 14.2 Å². The third-order valence-corrected chi connectivity index (χ3v) is 5.45. The lowest BCUT2D eigenvalue weighted by molar-refractivity contribution is -0.136. The molecule has 8 nitrogen and oxygen atoms in total. The number of anilines is 1. The van der Waals surface area contributed by atoms with Crippen molar-refractivity contribution in [1.29, 1.82) is 0 Å². The van der Waals surface area contributed by atoms with Crippen molar-refractivity contribution in [3.05, 3.63) is 72.1 Å². The summed E-state index contributed by atoms with van der Waals surface area (Å²) in [6, 6.07) is 17.4. The van der Waals surface area contributed by atoms with Crippen molar-refractivity contribution in [3.8, 4) is 17.4 Å². The molecule has 172 valence electrons. The number of carbonyl (C=O) groups is 1. The molecule has 2 aromatic carbocycles. The van der Waals surface area contributed by atoms with Gasteiger partial charge in [-0.2, -0.15) is 0 Å². The van der Waals surface area contributed by atoms with Crippen molar-refractivity contribution >= 4 is 11.7 Å². The van der Waals surface area contributed by atoms with Crippen LogP contribution in [0.5, 0.6) is 17.4 Å². The molecule has 1 aromatic heterocycles. The maximum absolute atomic E-state index is 12.5. The molecule has 0 spiro atoms. The van der Waals surface area contributed by atoms with Gasteiger partial charge in [0.05, 0.1) is 13.7 Å². The summed E-state index contributed by atoms with van der Waals surface area (Å²) in [6.07, 6.45) is 1.49. The molecule has 1 aliphatic heterocycles. The maximum Gasteiger partial charge on any atom is 0.248 e. The molecule has 8 heteroatoms. The molecule has 1 amide bonds. The Morgan fingerprint density at radius 3 is 2.52 bits per heavy atom. The Morgan fingerprint density at radius 2 is 1.76 bits per heavy atom. The Labute approximate surface area is 193 Å². The summed E-state index contributed by atoms with van der Waals surface area (Å²) < 4.78 is 16.9. The SMILES string of the molecule is COc1cc(C)ccc1Oc1cc(N2CCN(C(=O)COCc3ccccc3)CC2)ncn1. The van der Waals surface area contributed by atoms with E-state index in [0.717, 1.165) is 16.9 Å². The lowest BCUT2D eigenvalue weighted by Crippen LogP contribution is -2.50. The summed E-state index contributed by atoms with van der Waals surface area (Å²) in [5, 5.41) is 0. The number of aryl methyl sites for hydroxylation is 1. The van der Waals surface area contributed by atoms with Crippen molar-refractivity contribution < 1.29 is 19.0 Å². The molecule has 4 rings (SSSR count). The molecular formula is C25H28N4O4. The van der Waals surface area contributed by atoms with E-state index in [1.807, 2.05) is 60.4 Å². The number of benzene rings is 2. The first kappa shape index (κ1) is 22.5. The molecule has 0 aliphatic carbocycles. The highest BCUT2D eigenvalue weighted by atomic mass is 16.5. The number of methoxy groups -OCH3 is 1. The number of hydrogen-bond acceptors (Lipinski definition) is 7. The van der Waals surface area contributed by atoms with E-state index < -0.39 is 0 Å². The van der Waals surface area contributed by atoms with Gasteiger partial charge in [0.1, 0.15) is 18.8 Å². The quantitative estimate of drug-likeness (QED) is 0.522. The van der Waals surface area contributed by atoms with Crippen molar-refractivity contribution in [3.63, 3.8) is 0 Å². The minimum atomic E-state index is 0.00348. The lowest BCUT2D eigenvalue weighted by Gasteiger charge is -2.35. The Kier molecular flexibility index (Phi) is 7.36. The van der Waals surface area contributed by atoms with Gasteiger partial charge in [0.25, 0.3) is 0 Å². The van der Waals surface area contributed by atoms with E-state index in [0.29, 0.717) is 50.2 Å². The van der Waals surface area contributed by atoms with Crippen LogP contribution in [0, 0.1) is 6.92 Å². The summed E-state index contributed by atoms with van der Waals surface area (Å²) in [5.41, 5.74) is 2.14. The Hall–Kier alpha value is -3.65. The number of carbonyl (C=O) groups excluding carboxylic acids is 1. The van der Waals surface area contributed by atoms with Crippen LogP contribution in [0.15, 0.2) is 60.9 Å². The first-order valence-electron chi connectivity index (χ1n) is 10.9. The highest BCUT2D eigenvalue weighted by molar-refractivity contribution is 5.77. The predicted octanol–water partition coefficient (Wildman–Crippen LogP) is 3.45. The fourth-order valence-corrected chi connectivity index (χ4v) is 3.64. The molecule has 2 heterocycles. The highest BCUT2D eigenvalue weighted by Crippen LogP contribution is 2.32. The molecule has 0 radical (unpaired) electrons. The van der Waals surface area contributed by atoms with Crippen LogP contribution < -0.4 is 14.4 Å². The van der Waals surface area contributed by atoms with Crippen molar-refractivity contribution in [2.24, 2.45) is 0 Å². The van der Waals surface area contributed by atoms with Crippen molar-refractivity contribution in [2.45, 2.75) is 13.5 Å². The highest BCUT2D eigenvalue weighted by Gasteiger charge is 2.22. The zero-order valence-corrected chi connectivity index (χ0v) is 18.9. The van der Waals surface area contributed by atoms with Crippen molar-refractivity contribution in [2.75, 3.05) is 44.8 Å². The number of rotatable bonds is 8. The summed E-state index contributed by atoms with van der Waals surface area (Å²) in [5.74, 6) is 2.45. The minimum absolute atomic E-state index is 0.00348. The number of amides is 1. The smallest absolute Gasteiger partial charge is 0.248 e. The Balaban J connectivity index is 1.29. The van der Waals surface area contributed by atoms with E-state index >= 15 is 0 Å². The van der Waals surface area contributed by atoms with Crippen LogP contribution in [0.4, 0.5) is 5.82 Å².